The summed E-state index contributed by atoms with van der Waals surface area (Å²) >= 11 is 0. The summed E-state index contributed by atoms with van der Waals surface area (Å²) in [5.74, 6) is -0.500. The Kier molecular flexibility index (Phi) is 5.10. The van der Waals surface area contributed by atoms with Gasteiger partial charge in [-0.2, -0.15) is 0 Å². The van der Waals surface area contributed by atoms with E-state index < -0.39 is 23.1 Å². The minimum Gasteiger partial charge on any atom is -0.461 e. The number of nitrogens with zero attached hydrogens (tertiary/aromatic N) is 2. The van der Waals surface area contributed by atoms with Crippen molar-refractivity contribution in [1.29, 1.82) is 0 Å². The summed E-state index contributed by atoms with van der Waals surface area (Å²) in [5, 5.41) is 4.82. The van der Waals surface area contributed by atoms with E-state index in [-0.39, 0.29) is 17.1 Å². The van der Waals surface area contributed by atoms with Gasteiger partial charge >= 0.3 is 5.97 Å². The van der Waals surface area contributed by atoms with Gasteiger partial charge in [0, 0.05) is 0 Å². The number of H-pyrrole nitrogens is 2. The molecule has 2 aromatic heterocycles. The number of carbonyl (C=O) groups is 1. The molecule has 2 aliphatic rings. The number of hydrogen-bond acceptors (Lipinski definition) is 5. The number of aromatic amines is 2. The maximum atomic E-state index is 13.1. The lowest BCUT2D eigenvalue weighted by molar-refractivity contribution is -0.153. The quantitative estimate of drug-likeness (QED) is 0.788. The van der Waals surface area contributed by atoms with E-state index in [0.717, 1.165) is 32.1 Å². The summed E-state index contributed by atoms with van der Waals surface area (Å²) in [6.45, 7) is 0. The molecule has 4 rings (SSSR count). The van der Waals surface area contributed by atoms with Gasteiger partial charge in [0.1, 0.15) is 12.4 Å². The second kappa shape index (κ2) is 7.84. The molecule has 0 aromatic carbocycles. The number of nitrogens with one attached hydrogen (secondary N) is 2. The fourth-order valence-electron chi connectivity index (χ4n) is 3.75. The molecule has 1 unspecified atom stereocenters. The zero-order valence-electron chi connectivity index (χ0n) is 15.4. The summed E-state index contributed by atoms with van der Waals surface area (Å²) in [6.07, 6.45) is 16.0. The molecule has 2 aliphatic carbocycles. The molecule has 1 saturated carbocycles. The summed E-state index contributed by atoms with van der Waals surface area (Å²) in [7, 11) is 0. The van der Waals surface area contributed by atoms with Crippen molar-refractivity contribution in [2.45, 2.75) is 50.7 Å². The van der Waals surface area contributed by atoms with Crippen molar-refractivity contribution < 1.29 is 9.53 Å². The Morgan fingerprint density at radius 3 is 2.82 bits per heavy atom. The number of rotatable bonds is 4. The Bertz CT molecular complexity index is 1080. The molecule has 146 valence electrons. The largest absolute Gasteiger partial charge is 0.461 e. The molecule has 2 heterocycles. The van der Waals surface area contributed by atoms with Crippen LogP contribution in [-0.2, 0) is 9.53 Å². The molecular weight excluding hydrogens is 360 g/mol. The predicted molar refractivity (Wildman–Crippen MR) is 104 cm³/mol. The van der Waals surface area contributed by atoms with Gasteiger partial charge in [0.2, 0.25) is 0 Å². The number of ether oxygens (including phenoxy) is 1. The van der Waals surface area contributed by atoms with Crippen LogP contribution in [0.3, 0.4) is 0 Å². The third kappa shape index (κ3) is 3.49. The number of aromatic nitrogens is 4. The highest BCUT2D eigenvalue weighted by Gasteiger charge is 2.30. The predicted octanol–water partition coefficient (Wildman–Crippen LogP) is 2.27. The maximum absolute atomic E-state index is 13.1. The van der Waals surface area contributed by atoms with Crippen LogP contribution in [-0.4, -0.2) is 31.8 Å². The van der Waals surface area contributed by atoms with Crippen LogP contribution >= 0.6 is 0 Å². The van der Waals surface area contributed by atoms with Gasteiger partial charge in [-0.1, -0.05) is 36.8 Å². The number of esters is 1. The van der Waals surface area contributed by atoms with Crippen molar-refractivity contribution >= 4 is 17.0 Å². The molecular formula is C20H22N4O4. The summed E-state index contributed by atoms with van der Waals surface area (Å²) in [6, 6.07) is -0.989. The van der Waals surface area contributed by atoms with Gasteiger partial charge in [0.05, 0.1) is 0 Å². The van der Waals surface area contributed by atoms with Gasteiger partial charge in [-0.3, -0.25) is 24.4 Å². The van der Waals surface area contributed by atoms with E-state index in [1.54, 1.807) is 6.08 Å². The molecule has 8 heteroatoms. The first-order chi connectivity index (χ1) is 13.6. The molecule has 0 spiro atoms. The van der Waals surface area contributed by atoms with Crippen molar-refractivity contribution in [3.05, 3.63) is 63.0 Å². The Labute approximate surface area is 160 Å². The number of carbonyl (C=O) groups excluding carboxylic acids is 1. The normalized spacial score (nSPS) is 18.6. The smallest absolute Gasteiger partial charge is 0.334 e. The lowest BCUT2D eigenvalue weighted by Crippen LogP contribution is -2.35. The van der Waals surface area contributed by atoms with Crippen LogP contribution < -0.4 is 11.1 Å². The Morgan fingerprint density at radius 1 is 1.18 bits per heavy atom. The first kappa shape index (κ1) is 18.2. The van der Waals surface area contributed by atoms with Crippen molar-refractivity contribution in [3.8, 4) is 0 Å². The van der Waals surface area contributed by atoms with Crippen molar-refractivity contribution in [3.63, 3.8) is 0 Å². The molecule has 0 amide bonds. The van der Waals surface area contributed by atoms with Crippen LogP contribution in [0.15, 0.2) is 51.9 Å². The minimum atomic E-state index is -0.989. The van der Waals surface area contributed by atoms with Crippen LogP contribution in [0, 0.1) is 0 Å². The molecule has 0 saturated heterocycles. The van der Waals surface area contributed by atoms with E-state index in [0.29, 0.717) is 12.0 Å². The van der Waals surface area contributed by atoms with Crippen LogP contribution in [0.25, 0.3) is 11.0 Å². The van der Waals surface area contributed by atoms with E-state index in [2.05, 4.69) is 15.2 Å². The van der Waals surface area contributed by atoms with E-state index in [1.165, 1.54) is 10.9 Å². The highest BCUT2D eigenvalue weighted by molar-refractivity contribution is 5.80. The Morgan fingerprint density at radius 2 is 2.00 bits per heavy atom. The zero-order chi connectivity index (χ0) is 19.5. The Balaban J connectivity index is 1.76. The number of fused-ring (bicyclic) bond motifs is 1. The summed E-state index contributed by atoms with van der Waals surface area (Å²) < 4.78 is 6.96. The third-order valence-electron chi connectivity index (χ3n) is 5.20. The SMILES string of the molecule is O=C(OC1CCCCC1)C(C1=CCC=CC=C1)n1cnc2[nH][nH]c(=O)c2c1=O. The maximum Gasteiger partial charge on any atom is 0.334 e. The standard InChI is InChI=1S/C20H22N4O4/c25-18-15-17(22-23-18)21-12-24(19(15)26)16(13-8-4-1-2-5-9-13)20(27)28-14-10-6-3-7-11-14/h1-2,4,8-9,12,14,16H,3,5-7,10-11H2,(H2,22,23,25). The molecule has 2 N–H and O–H groups in total. The zero-order valence-corrected chi connectivity index (χ0v) is 15.4. The van der Waals surface area contributed by atoms with Gasteiger partial charge in [0.25, 0.3) is 11.1 Å². The van der Waals surface area contributed by atoms with Gasteiger partial charge in [-0.25, -0.2) is 9.78 Å². The van der Waals surface area contributed by atoms with Crippen LogP contribution in [0.2, 0.25) is 0 Å². The first-order valence-corrected chi connectivity index (χ1v) is 9.56. The highest BCUT2D eigenvalue weighted by Crippen LogP contribution is 2.26. The van der Waals surface area contributed by atoms with Crippen molar-refractivity contribution in [1.82, 2.24) is 19.7 Å². The lowest BCUT2D eigenvalue weighted by atomic mass is 9.97. The fourth-order valence-corrected chi connectivity index (χ4v) is 3.75. The monoisotopic (exact) mass is 382 g/mol. The molecule has 2 aromatic rings. The fraction of sp³-hybridized carbons (Fsp3) is 0.400. The van der Waals surface area contributed by atoms with Gasteiger partial charge in [0.15, 0.2) is 17.1 Å². The van der Waals surface area contributed by atoms with Crippen LogP contribution in [0.1, 0.15) is 44.6 Å². The molecule has 1 atom stereocenters. The van der Waals surface area contributed by atoms with Crippen LogP contribution in [0.4, 0.5) is 0 Å². The van der Waals surface area contributed by atoms with E-state index in [9.17, 15) is 14.4 Å². The molecule has 1 fully saturated rings. The average Bonchev–Trinajstić information content (AvgIpc) is 2.90. The third-order valence-corrected chi connectivity index (χ3v) is 5.20. The molecule has 0 bridgehead atoms. The summed E-state index contributed by atoms with van der Waals surface area (Å²) in [5.41, 5.74) is -0.336. The minimum absolute atomic E-state index is 0.103. The lowest BCUT2D eigenvalue weighted by Gasteiger charge is -2.26. The van der Waals surface area contributed by atoms with Crippen molar-refractivity contribution in [2.75, 3.05) is 0 Å². The van der Waals surface area contributed by atoms with E-state index >= 15 is 0 Å². The van der Waals surface area contributed by atoms with Gasteiger partial charge in [-0.15, -0.1) is 0 Å². The molecule has 8 nitrogen and oxygen atoms in total. The van der Waals surface area contributed by atoms with E-state index in [1.807, 2.05) is 24.3 Å². The summed E-state index contributed by atoms with van der Waals surface area (Å²) in [4.78, 5) is 42.3. The number of allylic oxidation sites excluding steroid dienone is 5. The average molecular weight is 382 g/mol. The molecule has 28 heavy (non-hydrogen) atoms. The second-order valence-corrected chi connectivity index (χ2v) is 7.09. The number of hydrogen-bond donors (Lipinski definition) is 2. The highest BCUT2D eigenvalue weighted by atomic mass is 16.5. The van der Waals surface area contributed by atoms with Gasteiger partial charge < -0.3 is 4.74 Å². The molecule has 0 radical (unpaired) electrons. The second-order valence-electron chi connectivity index (χ2n) is 7.09. The van der Waals surface area contributed by atoms with Crippen molar-refractivity contribution in [2.24, 2.45) is 0 Å². The topological polar surface area (TPSA) is 110 Å². The van der Waals surface area contributed by atoms with E-state index in [4.69, 9.17) is 4.74 Å². The Hall–Kier alpha value is -3.16. The first-order valence-electron chi connectivity index (χ1n) is 9.56. The van der Waals surface area contributed by atoms with Crippen LogP contribution in [0.5, 0.6) is 0 Å². The van der Waals surface area contributed by atoms with Gasteiger partial charge in [-0.05, 0) is 37.7 Å². The molecule has 0 aliphatic heterocycles.